The maximum atomic E-state index is 13.3. The monoisotopic (exact) mass is 413 g/mol. The highest BCUT2D eigenvalue weighted by molar-refractivity contribution is 5.97. The normalized spacial score (nSPS) is 25.3. The molecule has 0 bridgehead atoms. The Morgan fingerprint density at radius 3 is 2.93 bits per heavy atom. The maximum absolute atomic E-state index is 13.3. The van der Waals surface area contributed by atoms with Crippen LogP contribution in [0.15, 0.2) is 18.2 Å². The molecule has 0 spiro atoms. The highest BCUT2D eigenvalue weighted by atomic mass is 16.5. The molecule has 2 unspecified atom stereocenters. The van der Waals surface area contributed by atoms with E-state index in [2.05, 4.69) is 30.5 Å². The zero-order valence-electron chi connectivity index (χ0n) is 18.3. The highest BCUT2D eigenvalue weighted by Crippen LogP contribution is 2.31. The Kier molecular flexibility index (Phi) is 6.32. The number of ether oxygens (including phenoxy) is 1. The van der Waals surface area contributed by atoms with Gasteiger partial charge in [0.05, 0.1) is 19.1 Å². The van der Waals surface area contributed by atoms with E-state index in [1.165, 1.54) is 0 Å². The van der Waals surface area contributed by atoms with Gasteiger partial charge in [-0.3, -0.25) is 9.59 Å². The average molecular weight is 414 g/mol. The highest BCUT2D eigenvalue weighted by Gasteiger charge is 2.32. The minimum Gasteiger partial charge on any atom is -0.385 e. The molecule has 164 valence electrons. The number of rotatable bonds is 5. The lowest BCUT2D eigenvalue weighted by atomic mass is 9.85. The number of amides is 2. The van der Waals surface area contributed by atoms with E-state index in [9.17, 15) is 9.59 Å². The number of nitrogens with one attached hydrogen (secondary N) is 2. The SMILES string of the molecule is CC1(C)CCC(CC(=O)NCC2CCCN2C(=O)c2cccc3c2CCCN3)OC1. The molecule has 4 rings (SSSR count). The van der Waals surface area contributed by atoms with Crippen molar-refractivity contribution in [3.63, 3.8) is 0 Å². The number of nitrogens with zero attached hydrogens (tertiary/aromatic N) is 1. The average Bonchev–Trinajstić information content (AvgIpc) is 3.21. The van der Waals surface area contributed by atoms with Crippen molar-refractivity contribution in [3.8, 4) is 0 Å². The Hall–Kier alpha value is -2.08. The number of anilines is 1. The Balaban J connectivity index is 1.32. The second-order valence-electron chi connectivity index (χ2n) is 9.80. The minimum absolute atomic E-state index is 0.0164. The summed E-state index contributed by atoms with van der Waals surface area (Å²) >= 11 is 0. The van der Waals surface area contributed by atoms with Crippen LogP contribution in [-0.4, -0.2) is 55.1 Å². The third kappa shape index (κ3) is 4.80. The van der Waals surface area contributed by atoms with Gasteiger partial charge in [-0.25, -0.2) is 0 Å². The number of carbonyl (C=O) groups is 2. The fourth-order valence-corrected chi connectivity index (χ4v) is 4.90. The van der Waals surface area contributed by atoms with Crippen molar-refractivity contribution in [2.75, 3.05) is 31.6 Å². The molecule has 3 aliphatic heterocycles. The van der Waals surface area contributed by atoms with Crippen LogP contribution < -0.4 is 10.6 Å². The lowest BCUT2D eigenvalue weighted by molar-refractivity contribution is -0.127. The van der Waals surface area contributed by atoms with Gasteiger partial charge in [0, 0.05) is 36.9 Å². The Bertz CT molecular complexity index is 782. The molecule has 2 fully saturated rings. The molecular weight excluding hydrogens is 378 g/mol. The second kappa shape index (κ2) is 8.96. The Labute approximate surface area is 179 Å². The molecule has 1 aromatic rings. The van der Waals surface area contributed by atoms with Gasteiger partial charge in [-0.2, -0.15) is 0 Å². The second-order valence-corrected chi connectivity index (χ2v) is 9.80. The summed E-state index contributed by atoms with van der Waals surface area (Å²) in [5.74, 6) is 0.130. The number of likely N-dealkylation sites (tertiary alicyclic amines) is 1. The summed E-state index contributed by atoms with van der Waals surface area (Å²) < 4.78 is 5.87. The molecule has 2 N–H and O–H groups in total. The van der Waals surface area contributed by atoms with E-state index in [4.69, 9.17) is 4.74 Å². The van der Waals surface area contributed by atoms with Crippen LogP contribution >= 0.6 is 0 Å². The van der Waals surface area contributed by atoms with E-state index < -0.39 is 0 Å². The van der Waals surface area contributed by atoms with Gasteiger partial charge < -0.3 is 20.3 Å². The smallest absolute Gasteiger partial charge is 0.254 e. The molecule has 6 nitrogen and oxygen atoms in total. The van der Waals surface area contributed by atoms with Crippen LogP contribution in [0.5, 0.6) is 0 Å². The van der Waals surface area contributed by atoms with Gasteiger partial charge in [-0.1, -0.05) is 19.9 Å². The van der Waals surface area contributed by atoms with E-state index >= 15 is 0 Å². The molecular formula is C24H35N3O3. The van der Waals surface area contributed by atoms with Crippen molar-refractivity contribution in [1.29, 1.82) is 0 Å². The molecule has 3 heterocycles. The van der Waals surface area contributed by atoms with Gasteiger partial charge >= 0.3 is 0 Å². The van der Waals surface area contributed by atoms with Crippen LogP contribution in [0.1, 0.15) is 68.3 Å². The minimum atomic E-state index is 0.0164. The van der Waals surface area contributed by atoms with Crippen molar-refractivity contribution in [1.82, 2.24) is 10.2 Å². The summed E-state index contributed by atoms with van der Waals surface area (Å²) in [4.78, 5) is 27.7. The molecule has 0 aliphatic carbocycles. The van der Waals surface area contributed by atoms with E-state index in [0.29, 0.717) is 19.6 Å². The third-order valence-electron chi connectivity index (χ3n) is 6.76. The number of carbonyl (C=O) groups excluding carboxylic acids is 2. The summed E-state index contributed by atoms with van der Waals surface area (Å²) in [6.45, 7) is 7.37. The summed E-state index contributed by atoms with van der Waals surface area (Å²) in [6, 6.07) is 6.04. The number of hydrogen-bond donors (Lipinski definition) is 2. The van der Waals surface area contributed by atoms with Crippen molar-refractivity contribution in [3.05, 3.63) is 29.3 Å². The van der Waals surface area contributed by atoms with Gasteiger partial charge in [-0.15, -0.1) is 0 Å². The third-order valence-corrected chi connectivity index (χ3v) is 6.76. The molecule has 2 atom stereocenters. The maximum Gasteiger partial charge on any atom is 0.254 e. The molecule has 6 heteroatoms. The van der Waals surface area contributed by atoms with Crippen LogP contribution in [0.4, 0.5) is 5.69 Å². The topological polar surface area (TPSA) is 70.7 Å². The molecule has 0 saturated carbocycles. The van der Waals surface area contributed by atoms with Gasteiger partial charge in [-0.05, 0) is 61.6 Å². The molecule has 1 aromatic carbocycles. The van der Waals surface area contributed by atoms with Crippen LogP contribution in [0.2, 0.25) is 0 Å². The van der Waals surface area contributed by atoms with Crippen molar-refractivity contribution in [2.24, 2.45) is 5.41 Å². The summed E-state index contributed by atoms with van der Waals surface area (Å²) in [5.41, 5.74) is 3.26. The molecule has 0 radical (unpaired) electrons. The van der Waals surface area contributed by atoms with Crippen LogP contribution in [0.25, 0.3) is 0 Å². The predicted molar refractivity (Wildman–Crippen MR) is 118 cm³/mol. The first-order chi connectivity index (χ1) is 14.4. The zero-order valence-corrected chi connectivity index (χ0v) is 18.3. The first kappa shape index (κ1) is 21.2. The molecule has 0 aromatic heterocycles. The Morgan fingerprint density at radius 2 is 2.13 bits per heavy atom. The van der Waals surface area contributed by atoms with E-state index in [0.717, 1.165) is 68.4 Å². The first-order valence-electron chi connectivity index (χ1n) is 11.5. The first-order valence-corrected chi connectivity index (χ1v) is 11.5. The molecule has 3 aliphatic rings. The molecule has 2 amide bonds. The standard InChI is InChI=1S/C24H35N3O3/c1-24(2)11-10-18(30-16-24)14-22(28)26-15-17-6-5-13-27(17)23(29)20-7-3-9-21-19(20)8-4-12-25-21/h3,7,9,17-18,25H,4-6,8,10-16H2,1-2H3,(H,26,28). The van der Waals surface area contributed by atoms with Crippen LogP contribution in [0.3, 0.4) is 0 Å². The molecule has 2 saturated heterocycles. The van der Waals surface area contributed by atoms with E-state index in [1.807, 2.05) is 17.0 Å². The van der Waals surface area contributed by atoms with Gasteiger partial charge in [0.1, 0.15) is 0 Å². The van der Waals surface area contributed by atoms with Crippen molar-refractivity contribution >= 4 is 17.5 Å². The quantitative estimate of drug-likeness (QED) is 0.777. The fourth-order valence-electron chi connectivity index (χ4n) is 4.90. The lowest BCUT2D eigenvalue weighted by Crippen LogP contribution is -2.44. The zero-order chi connectivity index (χ0) is 21.1. The van der Waals surface area contributed by atoms with E-state index in [1.54, 1.807) is 0 Å². The van der Waals surface area contributed by atoms with E-state index in [-0.39, 0.29) is 29.4 Å². The Morgan fingerprint density at radius 1 is 1.27 bits per heavy atom. The van der Waals surface area contributed by atoms with Gasteiger partial charge in [0.2, 0.25) is 5.91 Å². The van der Waals surface area contributed by atoms with Crippen LogP contribution in [0, 0.1) is 5.41 Å². The largest absolute Gasteiger partial charge is 0.385 e. The van der Waals surface area contributed by atoms with Crippen molar-refractivity contribution < 1.29 is 14.3 Å². The van der Waals surface area contributed by atoms with Crippen molar-refractivity contribution in [2.45, 2.75) is 70.9 Å². The van der Waals surface area contributed by atoms with Gasteiger partial charge in [0.15, 0.2) is 0 Å². The fraction of sp³-hybridized carbons (Fsp3) is 0.667. The summed E-state index contributed by atoms with van der Waals surface area (Å²) in [6.07, 6.45) is 6.37. The number of fused-ring (bicyclic) bond motifs is 1. The molecule has 30 heavy (non-hydrogen) atoms. The number of hydrogen-bond acceptors (Lipinski definition) is 4. The summed E-state index contributed by atoms with van der Waals surface area (Å²) in [5, 5.41) is 6.47. The van der Waals surface area contributed by atoms with Gasteiger partial charge in [0.25, 0.3) is 5.91 Å². The predicted octanol–water partition coefficient (Wildman–Crippen LogP) is 3.36. The lowest BCUT2D eigenvalue weighted by Gasteiger charge is -2.34. The summed E-state index contributed by atoms with van der Waals surface area (Å²) in [7, 11) is 0. The van der Waals surface area contributed by atoms with Crippen LogP contribution in [-0.2, 0) is 16.0 Å². The number of benzene rings is 1.